The number of anilines is 1. The van der Waals surface area contributed by atoms with Crippen molar-refractivity contribution < 1.29 is 42.5 Å². The number of carbonyl (C=O) groups is 1. The van der Waals surface area contributed by atoms with Crippen LogP contribution in [0.3, 0.4) is 0 Å². The van der Waals surface area contributed by atoms with Crippen LogP contribution >= 0.6 is 7.75 Å². The first-order chi connectivity index (χ1) is 17.9. The summed E-state index contributed by atoms with van der Waals surface area (Å²) in [4.78, 5) is 23.4. The number of aliphatic hydroxyl groups excluding tert-OH is 1. The second kappa shape index (κ2) is 9.52. The fourth-order valence-corrected chi connectivity index (χ4v) is 5.94. The Morgan fingerprint density at radius 1 is 1.29 bits per heavy atom. The number of fused-ring (bicyclic) bond motifs is 2. The number of imidazole rings is 1. The third kappa shape index (κ3) is 4.61. The number of nitrogens with one attached hydrogen (secondary N) is 1. The van der Waals surface area contributed by atoms with Crippen molar-refractivity contribution in [2.24, 2.45) is 0 Å². The van der Waals surface area contributed by atoms with Gasteiger partial charge in [-0.15, -0.1) is 0 Å². The summed E-state index contributed by atoms with van der Waals surface area (Å²) in [6, 6.07) is 6.93. The molecule has 5 rings (SSSR count). The van der Waals surface area contributed by atoms with Crippen LogP contribution in [-0.2, 0) is 23.4 Å². The minimum atomic E-state index is -4.35. The van der Waals surface area contributed by atoms with Crippen LogP contribution in [0.15, 0.2) is 36.7 Å². The summed E-state index contributed by atoms with van der Waals surface area (Å²) >= 11 is 0. The van der Waals surface area contributed by atoms with E-state index in [1.165, 1.54) is 30.0 Å². The average Bonchev–Trinajstić information content (AvgIpc) is 3.10. The first-order valence-corrected chi connectivity index (χ1v) is 13.2. The van der Waals surface area contributed by atoms with E-state index in [-0.39, 0.29) is 22.7 Å². The summed E-state index contributed by atoms with van der Waals surface area (Å²) in [6.07, 6.45) is -5.66. The molecular formula is C22H26FN6O8P. The van der Waals surface area contributed by atoms with Crippen LogP contribution in [0.4, 0.5) is 10.2 Å². The number of aromatic nitrogens is 4. The van der Waals surface area contributed by atoms with Crippen LogP contribution in [-0.4, -0.2) is 71.8 Å². The third-order valence-corrected chi connectivity index (χ3v) is 7.74. The van der Waals surface area contributed by atoms with Crippen molar-refractivity contribution in [3.63, 3.8) is 0 Å². The average molecular weight is 552 g/mol. The molecule has 2 aliphatic rings. The Morgan fingerprint density at radius 3 is 2.63 bits per heavy atom. The maximum atomic E-state index is 13.8. The first kappa shape index (κ1) is 26.4. The van der Waals surface area contributed by atoms with Crippen molar-refractivity contribution in [3.05, 3.63) is 42.7 Å². The number of benzene rings is 1. The molecule has 1 saturated heterocycles. The first-order valence-electron chi connectivity index (χ1n) is 11.7. The molecule has 0 spiro atoms. The Morgan fingerprint density at radius 2 is 2.00 bits per heavy atom. The van der Waals surface area contributed by atoms with Gasteiger partial charge in [-0.3, -0.25) is 13.9 Å². The maximum absolute atomic E-state index is 13.8. The lowest BCUT2D eigenvalue weighted by Gasteiger charge is -2.27. The van der Waals surface area contributed by atoms with Gasteiger partial charge in [0.05, 0.1) is 12.4 Å². The number of halogens is 1. The van der Waals surface area contributed by atoms with E-state index in [0.29, 0.717) is 0 Å². The van der Waals surface area contributed by atoms with E-state index in [2.05, 4.69) is 20.0 Å². The minimum Gasteiger partial charge on any atom is -0.462 e. The number of aliphatic hydroxyl groups is 2. The van der Waals surface area contributed by atoms with Crippen molar-refractivity contribution in [1.82, 2.24) is 24.6 Å². The lowest BCUT2D eigenvalue weighted by atomic mass is 10.1. The fourth-order valence-electron chi connectivity index (χ4n) is 4.23. The third-order valence-electron chi connectivity index (χ3n) is 6.08. The van der Waals surface area contributed by atoms with Gasteiger partial charge < -0.3 is 29.9 Å². The van der Waals surface area contributed by atoms with Crippen molar-refractivity contribution in [2.45, 2.75) is 63.1 Å². The topological polar surface area (TPSA) is 193 Å². The van der Waals surface area contributed by atoms with E-state index in [9.17, 15) is 24.0 Å². The van der Waals surface area contributed by atoms with Crippen molar-refractivity contribution in [3.8, 4) is 5.75 Å². The molecule has 1 saturated carbocycles. The van der Waals surface area contributed by atoms with E-state index in [1.54, 1.807) is 32.0 Å². The number of ether oxygens (including phenoxy) is 2. The predicted molar refractivity (Wildman–Crippen MR) is 128 cm³/mol. The van der Waals surface area contributed by atoms with Crippen LogP contribution in [0.1, 0.15) is 27.0 Å². The molecule has 2 unspecified atom stereocenters. The Labute approximate surface area is 215 Å². The monoisotopic (exact) mass is 552 g/mol. The molecule has 1 aliphatic heterocycles. The Hall–Kier alpha value is -3.20. The molecule has 3 aromatic rings. The van der Waals surface area contributed by atoms with Crippen LogP contribution in [0.2, 0.25) is 0 Å². The van der Waals surface area contributed by atoms with Crippen molar-refractivity contribution in [2.75, 3.05) is 5.73 Å². The van der Waals surface area contributed by atoms with Crippen molar-refractivity contribution >= 4 is 30.7 Å². The zero-order chi connectivity index (χ0) is 27.4. The second-order valence-electron chi connectivity index (χ2n) is 9.25. The number of hydrogen-bond acceptors (Lipinski definition) is 12. The van der Waals surface area contributed by atoms with Crippen LogP contribution < -0.4 is 15.3 Å². The van der Waals surface area contributed by atoms with Gasteiger partial charge in [-0.2, -0.15) is 19.4 Å². The summed E-state index contributed by atoms with van der Waals surface area (Å²) in [6.45, 7) is 4.74. The van der Waals surface area contributed by atoms with Crippen LogP contribution in [0, 0.1) is 6.08 Å². The highest BCUT2D eigenvalue weighted by atomic mass is 31.2. The molecule has 0 amide bonds. The molecule has 2 fully saturated rings. The SMILES string of the molecule is CC(C)OC(=O)[C@@H](C)NP(=O)(Oc1ccccc1)OC1[C@H]2O[C@@H](n3cnc4c(N)nc(F)nc43)[C@H](O)[C@@]12O. The van der Waals surface area contributed by atoms with Gasteiger partial charge in [0.15, 0.2) is 28.8 Å². The molecule has 7 atom stereocenters. The second-order valence-corrected chi connectivity index (χ2v) is 10.9. The molecule has 14 nitrogen and oxygen atoms in total. The smallest absolute Gasteiger partial charge is 0.459 e. The summed E-state index contributed by atoms with van der Waals surface area (Å²) < 4.78 is 50.9. The largest absolute Gasteiger partial charge is 0.462 e. The van der Waals surface area contributed by atoms with E-state index in [4.69, 9.17) is 24.3 Å². The zero-order valence-electron chi connectivity index (χ0n) is 20.5. The van der Waals surface area contributed by atoms with Gasteiger partial charge in [0, 0.05) is 0 Å². The van der Waals surface area contributed by atoms with Crippen LogP contribution in [0.5, 0.6) is 5.75 Å². The summed E-state index contributed by atoms with van der Waals surface area (Å²) in [5, 5.41) is 24.7. The van der Waals surface area contributed by atoms with Gasteiger partial charge in [0.1, 0.15) is 30.1 Å². The number of esters is 1. The van der Waals surface area contributed by atoms with E-state index >= 15 is 0 Å². The molecule has 2 aromatic heterocycles. The highest BCUT2D eigenvalue weighted by Gasteiger charge is 2.79. The van der Waals surface area contributed by atoms with E-state index in [1.807, 2.05) is 0 Å². The fraction of sp³-hybridized carbons (Fsp3) is 0.455. The highest BCUT2D eigenvalue weighted by Crippen LogP contribution is 2.61. The summed E-state index contributed by atoms with van der Waals surface area (Å²) in [5.41, 5.74) is 3.69. The van der Waals surface area contributed by atoms with Gasteiger partial charge in [0.25, 0.3) is 0 Å². The molecule has 3 heterocycles. The number of nitrogens with two attached hydrogens (primary N) is 1. The standard InChI is InChI=1S/C22H26FN6O8P/c1-10(2)34-20(31)11(3)28-38(33,36-12-7-5-4-6-8-12)37-16-15-22(16,32)14(30)19(35-15)29-9-25-13-17(24)26-21(23)27-18(13)29/h4-11,14-16,19,30,32H,1-3H3,(H,28,33)(H2,24,26,27)/t11-,14+,15-,16?,19-,22+,38?/m1/s1. The normalized spacial score (nSPS) is 28.6. The van der Waals surface area contributed by atoms with Gasteiger partial charge in [-0.25, -0.2) is 9.55 Å². The highest BCUT2D eigenvalue weighted by molar-refractivity contribution is 7.52. The molecule has 204 valence electrons. The molecule has 0 radical (unpaired) electrons. The number of nitrogen functional groups attached to an aromatic ring is 1. The molecule has 1 aromatic carbocycles. The molecular weight excluding hydrogens is 526 g/mol. The minimum absolute atomic E-state index is 0.0568. The Kier molecular flexibility index (Phi) is 6.62. The predicted octanol–water partition coefficient (Wildman–Crippen LogP) is 1.05. The quantitative estimate of drug-likeness (QED) is 0.167. The summed E-state index contributed by atoms with van der Waals surface area (Å²) in [7, 11) is -4.35. The Balaban J connectivity index is 1.36. The lowest BCUT2D eigenvalue weighted by molar-refractivity contribution is -0.149. The van der Waals surface area contributed by atoms with Crippen LogP contribution in [0.25, 0.3) is 11.2 Å². The Bertz CT molecular complexity index is 1410. The van der Waals surface area contributed by atoms with Gasteiger partial charge in [0.2, 0.25) is 0 Å². The molecule has 16 heteroatoms. The van der Waals surface area contributed by atoms with Gasteiger partial charge >= 0.3 is 19.8 Å². The van der Waals surface area contributed by atoms with E-state index in [0.717, 1.165) is 0 Å². The number of hydrogen-bond donors (Lipinski definition) is 4. The number of carbonyl (C=O) groups excluding carboxylic acids is 1. The molecule has 5 N–H and O–H groups in total. The molecule has 0 bridgehead atoms. The number of rotatable bonds is 9. The van der Waals surface area contributed by atoms with Gasteiger partial charge in [-0.05, 0) is 32.9 Å². The summed E-state index contributed by atoms with van der Waals surface area (Å²) in [5.74, 6) is -0.750. The molecule has 38 heavy (non-hydrogen) atoms. The van der Waals surface area contributed by atoms with E-state index < -0.39 is 62.1 Å². The molecule has 1 aliphatic carbocycles. The lowest BCUT2D eigenvalue weighted by Crippen LogP contribution is -2.39. The number of nitrogens with zero attached hydrogens (tertiary/aromatic N) is 4. The zero-order valence-corrected chi connectivity index (χ0v) is 21.4. The maximum Gasteiger partial charge on any atom is 0.459 e. The number of para-hydroxylation sites is 1. The van der Waals surface area contributed by atoms with Crippen molar-refractivity contribution in [1.29, 1.82) is 0 Å². The van der Waals surface area contributed by atoms with Gasteiger partial charge in [-0.1, -0.05) is 18.2 Å².